The number of piperidine rings is 1. The monoisotopic (exact) mass is 528 g/mol. The number of aliphatic imine (C=N–C) groups is 1. The van der Waals surface area contributed by atoms with E-state index in [4.69, 9.17) is 4.74 Å². The molecule has 0 unspecified atom stereocenters. The SMILES string of the molecule is CN=C(NCC1(N2CCCC2)CCOCC1)NC1CCN(c2ccccn2)CC1.I. The van der Waals surface area contributed by atoms with E-state index < -0.39 is 0 Å². The highest BCUT2D eigenvalue weighted by Crippen LogP contribution is 2.30. The number of hydrogen-bond acceptors (Lipinski definition) is 5. The van der Waals surface area contributed by atoms with Crippen LogP contribution in [0.1, 0.15) is 38.5 Å². The molecule has 4 heterocycles. The van der Waals surface area contributed by atoms with Crippen LogP contribution in [0, 0.1) is 0 Å². The van der Waals surface area contributed by atoms with Crippen molar-refractivity contribution in [1.29, 1.82) is 0 Å². The smallest absolute Gasteiger partial charge is 0.191 e. The minimum absolute atomic E-state index is 0. The number of likely N-dealkylation sites (tertiary alicyclic amines) is 1. The van der Waals surface area contributed by atoms with Crippen LogP contribution in [0.2, 0.25) is 0 Å². The van der Waals surface area contributed by atoms with E-state index >= 15 is 0 Å². The maximum Gasteiger partial charge on any atom is 0.191 e. The van der Waals surface area contributed by atoms with Crippen molar-refractivity contribution in [2.75, 3.05) is 57.9 Å². The summed E-state index contributed by atoms with van der Waals surface area (Å²) in [5.41, 5.74) is 0.217. The van der Waals surface area contributed by atoms with Gasteiger partial charge in [0, 0.05) is 57.7 Å². The third-order valence-corrected chi connectivity index (χ3v) is 6.82. The van der Waals surface area contributed by atoms with Gasteiger partial charge in [0.15, 0.2) is 5.96 Å². The van der Waals surface area contributed by atoms with E-state index in [0.717, 1.165) is 70.3 Å². The molecule has 0 atom stereocenters. The first-order chi connectivity index (χ1) is 14.3. The maximum absolute atomic E-state index is 5.68. The number of pyridine rings is 1. The van der Waals surface area contributed by atoms with Gasteiger partial charge in [0.05, 0.1) is 0 Å². The van der Waals surface area contributed by atoms with Crippen molar-refractivity contribution >= 4 is 35.8 Å². The summed E-state index contributed by atoms with van der Waals surface area (Å²) < 4.78 is 5.68. The maximum atomic E-state index is 5.68. The molecule has 3 aliphatic rings. The number of anilines is 1. The molecule has 7 nitrogen and oxygen atoms in total. The zero-order valence-electron chi connectivity index (χ0n) is 18.2. The fourth-order valence-electron chi connectivity index (χ4n) is 4.98. The molecule has 0 radical (unpaired) electrons. The van der Waals surface area contributed by atoms with E-state index in [2.05, 4.69) is 42.5 Å². The molecule has 3 aliphatic heterocycles. The molecule has 0 amide bonds. The van der Waals surface area contributed by atoms with Gasteiger partial charge in [-0.3, -0.25) is 9.89 Å². The van der Waals surface area contributed by atoms with E-state index in [9.17, 15) is 0 Å². The first-order valence-electron chi connectivity index (χ1n) is 11.3. The minimum atomic E-state index is 0. The summed E-state index contributed by atoms with van der Waals surface area (Å²) in [5, 5.41) is 7.33. The molecule has 2 N–H and O–H groups in total. The molecule has 4 rings (SSSR count). The number of halogens is 1. The fraction of sp³-hybridized carbons (Fsp3) is 0.727. The Hall–Kier alpha value is -1.13. The number of guanidine groups is 1. The predicted octanol–water partition coefficient (Wildman–Crippen LogP) is 2.48. The van der Waals surface area contributed by atoms with Crippen LogP contribution in [0.4, 0.5) is 5.82 Å². The van der Waals surface area contributed by atoms with Crippen LogP contribution in [0.3, 0.4) is 0 Å². The van der Waals surface area contributed by atoms with E-state index in [1.54, 1.807) is 0 Å². The zero-order valence-corrected chi connectivity index (χ0v) is 20.5. The lowest BCUT2D eigenvalue weighted by Crippen LogP contribution is -2.59. The third kappa shape index (κ3) is 5.76. The van der Waals surface area contributed by atoms with E-state index in [0.29, 0.717) is 6.04 Å². The Morgan fingerprint density at radius 2 is 1.90 bits per heavy atom. The average molecular weight is 528 g/mol. The van der Waals surface area contributed by atoms with Gasteiger partial charge in [0.1, 0.15) is 5.82 Å². The predicted molar refractivity (Wildman–Crippen MR) is 133 cm³/mol. The van der Waals surface area contributed by atoms with E-state index in [-0.39, 0.29) is 29.5 Å². The molecule has 8 heteroatoms. The minimum Gasteiger partial charge on any atom is -0.381 e. The topological polar surface area (TPSA) is 65.0 Å². The summed E-state index contributed by atoms with van der Waals surface area (Å²) >= 11 is 0. The fourth-order valence-corrected chi connectivity index (χ4v) is 4.98. The summed E-state index contributed by atoms with van der Waals surface area (Å²) in [5.74, 6) is 2.02. The number of hydrogen-bond donors (Lipinski definition) is 2. The molecular formula is C22H37IN6O. The lowest BCUT2D eigenvalue weighted by atomic mass is 9.88. The van der Waals surface area contributed by atoms with Crippen LogP contribution in [-0.2, 0) is 4.74 Å². The van der Waals surface area contributed by atoms with Crippen LogP contribution in [0.25, 0.3) is 0 Å². The third-order valence-electron chi connectivity index (χ3n) is 6.82. The number of rotatable bonds is 5. The molecule has 0 bridgehead atoms. The summed E-state index contributed by atoms with van der Waals surface area (Å²) in [6, 6.07) is 6.59. The number of ether oxygens (including phenoxy) is 1. The standard InChI is InChI=1S/C22H36N6O.HI/c1-23-21(25-18-22(9-16-29-17-10-22)28-12-4-5-13-28)26-19-7-14-27(15-8-19)20-6-2-3-11-24-20;/h2-3,6,11,19H,4-5,7-10,12-18H2,1H3,(H2,23,25,26);1H. The summed E-state index contributed by atoms with van der Waals surface area (Å²) in [6.45, 7) is 7.19. The second kappa shape index (κ2) is 11.5. The lowest BCUT2D eigenvalue weighted by molar-refractivity contribution is -0.0164. The Morgan fingerprint density at radius 3 is 2.53 bits per heavy atom. The Balaban J connectivity index is 0.00000256. The molecule has 0 spiro atoms. The average Bonchev–Trinajstić information content (AvgIpc) is 3.34. The second-order valence-corrected chi connectivity index (χ2v) is 8.55. The molecule has 1 aromatic heterocycles. The Kier molecular flexibility index (Phi) is 9.00. The van der Waals surface area contributed by atoms with Gasteiger partial charge in [-0.25, -0.2) is 4.98 Å². The molecule has 0 aromatic carbocycles. The van der Waals surface area contributed by atoms with Crippen LogP contribution in [0.5, 0.6) is 0 Å². The van der Waals surface area contributed by atoms with Gasteiger partial charge < -0.3 is 20.3 Å². The van der Waals surface area contributed by atoms with Crippen molar-refractivity contribution in [3.8, 4) is 0 Å². The molecule has 0 saturated carbocycles. The van der Waals surface area contributed by atoms with Crippen LogP contribution in [0.15, 0.2) is 29.4 Å². The van der Waals surface area contributed by atoms with E-state index in [1.165, 1.54) is 25.9 Å². The van der Waals surface area contributed by atoms with Gasteiger partial charge in [0.25, 0.3) is 0 Å². The molecule has 0 aliphatic carbocycles. The van der Waals surface area contributed by atoms with Crippen LogP contribution in [-0.4, -0.2) is 80.4 Å². The quantitative estimate of drug-likeness (QED) is 0.348. The first-order valence-corrected chi connectivity index (χ1v) is 11.3. The van der Waals surface area contributed by atoms with E-state index in [1.807, 2.05) is 19.3 Å². The highest BCUT2D eigenvalue weighted by atomic mass is 127. The molecule has 1 aromatic rings. The normalized spacial score (nSPS) is 23.1. The Labute approximate surface area is 198 Å². The summed E-state index contributed by atoms with van der Waals surface area (Å²) in [7, 11) is 1.88. The number of nitrogens with zero attached hydrogens (tertiary/aromatic N) is 4. The highest BCUT2D eigenvalue weighted by molar-refractivity contribution is 14.0. The highest BCUT2D eigenvalue weighted by Gasteiger charge is 2.39. The van der Waals surface area contributed by atoms with Gasteiger partial charge in [-0.2, -0.15) is 0 Å². The molecule has 3 fully saturated rings. The van der Waals surface area contributed by atoms with Crippen molar-refractivity contribution < 1.29 is 4.74 Å². The summed E-state index contributed by atoms with van der Waals surface area (Å²) in [4.78, 5) is 14.1. The second-order valence-electron chi connectivity index (χ2n) is 8.55. The molecule has 168 valence electrons. The first kappa shape index (κ1) is 23.5. The van der Waals surface area contributed by atoms with Gasteiger partial charge in [-0.15, -0.1) is 24.0 Å². The van der Waals surface area contributed by atoms with Crippen molar-refractivity contribution in [3.63, 3.8) is 0 Å². The van der Waals surface area contributed by atoms with Gasteiger partial charge in [-0.1, -0.05) is 6.07 Å². The van der Waals surface area contributed by atoms with Crippen molar-refractivity contribution in [3.05, 3.63) is 24.4 Å². The zero-order chi connectivity index (χ0) is 19.9. The number of aromatic nitrogens is 1. The molecular weight excluding hydrogens is 491 g/mol. The van der Waals surface area contributed by atoms with Crippen LogP contribution >= 0.6 is 24.0 Å². The Bertz CT molecular complexity index is 653. The van der Waals surface area contributed by atoms with Gasteiger partial charge in [-0.05, 0) is 63.7 Å². The molecule has 3 saturated heterocycles. The van der Waals surface area contributed by atoms with Crippen molar-refractivity contribution in [2.24, 2.45) is 4.99 Å². The van der Waals surface area contributed by atoms with Crippen LogP contribution < -0.4 is 15.5 Å². The molecule has 30 heavy (non-hydrogen) atoms. The summed E-state index contributed by atoms with van der Waals surface area (Å²) in [6.07, 6.45) is 8.94. The Morgan fingerprint density at radius 1 is 1.17 bits per heavy atom. The van der Waals surface area contributed by atoms with Crippen molar-refractivity contribution in [2.45, 2.75) is 50.1 Å². The lowest BCUT2D eigenvalue weighted by Gasteiger charge is -2.45. The van der Waals surface area contributed by atoms with Crippen molar-refractivity contribution in [1.82, 2.24) is 20.5 Å². The van der Waals surface area contributed by atoms with Gasteiger partial charge >= 0.3 is 0 Å². The largest absolute Gasteiger partial charge is 0.381 e. The van der Waals surface area contributed by atoms with Gasteiger partial charge in [0.2, 0.25) is 0 Å². The number of nitrogens with one attached hydrogen (secondary N) is 2.